The van der Waals surface area contributed by atoms with E-state index < -0.39 is 30.7 Å². The van der Waals surface area contributed by atoms with Crippen molar-refractivity contribution < 1.29 is 39.4 Å². The summed E-state index contributed by atoms with van der Waals surface area (Å²) in [4.78, 5) is 12.5. The summed E-state index contributed by atoms with van der Waals surface area (Å²) in [6.45, 7) is 18.9. The molecule has 5 rings (SSSR count). The normalized spacial score (nSPS) is 47.7. The summed E-state index contributed by atoms with van der Waals surface area (Å²) < 4.78 is 18.1. The van der Waals surface area contributed by atoms with Crippen molar-refractivity contribution in [3.63, 3.8) is 0 Å². The molecule has 4 aliphatic carbocycles. The van der Waals surface area contributed by atoms with Crippen molar-refractivity contribution in [3.8, 4) is 0 Å². The average Bonchev–Trinajstić information content (AvgIpc) is 3.23. The Morgan fingerprint density at radius 3 is 2.43 bits per heavy atom. The van der Waals surface area contributed by atoms with Gasteiger partial charge in [0, 0.05) is 12.8 Å². The van der Waals surface area contributed by atoms with Gasteiger partial charge in [0.2, 0.25) is 0 Å². The van der Waals surface area contributed by atoms with Crippen LogP contribution in [0.15, 0.2) is 23.8 Å². The van der Waals surface area contributed by atoms with Crippen molar-refractivity contribution in [2.75, 3.05) is 0 Å². The second-order valence-electron chi connectivity index (χ2n) is 15.9. The van der Waals surface area contributed by atoms with Gasteiger partial charge < -0.3 is 34.6 Å². The first-order valence-electron chi connectivity index (χ1n) is 17.2. The van der Waals surface area contributed by atoms with E-state index in [0.29, 0.717) is 24.2 Å². The second-order valence-corrected chi connectivity index (χ2v) is 15.9. The first-order valence-corrected chi connectivity index (χ1v) is 17.2. The number of esters is 1. The van der Waals surface area contributed by atoms with Crippen LogP contribution in [-0.2, 0) is 19.0 Å². The first-order chi connectivity index (χ1) is 20.6. The quantitative estimate of drug-likeness (QED) is 0.223. The van der Waals surface area contributed by atoms with Gasteiger partial charge in [-0.05, 0) is 105 Å². The highest BCUT2D eigenvalue weighted by atomic mass is 16.7. The Balaban J connectivity index is 1.38. The van der Waals surface area contributed by atoms with Crippen molar-refractivity contribution >= 4 is 5.97 Å². The molecule has 0 aromatic rings. The fraction of sp³-hybridized carbons (Fsp3) is 0.861. The lowest BCUT2D eigenvalue weighted by Crippen LogP contribution is -2.58. The van der Waals surface area contributed by atoms with Crippen LogP contribution < -0.4 is 0 Å². The molecule has 5 unspecified atom stereocenters. The molecule has 4 fully saturated rings. The molecule has 8 nitrogen and oxygen atoms in total. The minimum Gasteiger partial charge on any atom is -0.458 e. The topological polar surface area (TPSA) is 126 Å². The maximum atomic E-state index is 12.5. The Bertz CT molecular complexity index is 1100. The number of carbonyl (C=O) groups is 1. The molecule has 0 bridgehead atoms. The van der Waals surface area contributed by atoms with Gasteiger partial charge in [-0.2, -0.15) is 0 Å². The third-order valence-corrected chi connectivity index (χ3v) is 13.0. The third kappa shape index (κ3) is 5.97. The van der Waals surface area contributed by atoms with E-state index in [4.69, 9.17) is 14.2 Å². The van der Waals surface area contributed by atoms with Crippen LogP contribution in [0.25, 0.3) is 0 Å². The maximum absolute atomic E-state index is 12.5. The van der Waals surface area contributed by atoms with Gasteiger partial charge in [-0.3, -0.25) is 4.79 Å². The van der Waals surface area contributed by atoms with Gasteiger partial charge in [-0.1, -0.05) is 52.3 Å². The minimum atomic E-state index is -1.34. The Hall–Kier alpha value is -1.29. The first kappa shape index (κ1) is 34.1. The molecule has 4 N–H and O–H groups in total. The molecule has 1 saturated heterocycles. The monoisotopic (exact) mass is 618 g/mol. The summed E-state index contributed by atoms with van der Waals surface area (Å²) in [5.74, 6) is 1.46. The summed E-state index contributed by atoms with van der Waals surface area (Å²) in [7, 11) is 0. The number of fused-ring (bicyclic) bond motifs is 5. The molecule has 1 aliphatic heterocycles. The van der Waals surface area contributed by atoms with Crippen molar-refractivity contribution in [3.05, 3.63) is 23.8 Å². The van der Waals surface area contributed by atoms with Gasteiger partial charge in [0.25, 0.3) is 0 Å². The highest BCUT2D eigenvalue weighted by molar-refractivity contribution is 5.66. The zero-order valence-electron chi connectivity index (χ0n) is 27.9. The fourth-order valence-electron chi connectivity index (χ4n) is 10.3. The van der Waals surface area contributed by atoms with E-state index in [1.165, 1.54) is 18.1 Å². The molecular formula is C36H58O8. The predicted octanol–water partition coefficient (Wildman–Crippen LogP) is 4.92. The van der Waals surface area contributed by atoms with Crippen LogP contribution in [0, 0.1) is 46.3 Å². The SMILES string of the molecule is C=C(CC[C@@H](C)[C@H]1[C@@H](O)C[C@H]2[C@@H]3[C@@H](OC(C)=O)C=C4C[C@@H](OC5OC(C)C(O)C(O)C5O)CC[C@]4(C)[C@H]3CC[C@]12C)C(C)C. The number of ether oxygens (including phenoxy) is 3. The van der Waals surface area contributed by atoms with Crippen LogP contribution in [0.5, 0.6) is 0 Å². The van der Waals surface area contributed by atoms with Crippen molar-refractivity contribution in [2.45, 2.75) is 149 Å². The summed E-state index contributed by atoms with van der Waals surface area (Å²) in [5, 5.41) is 42.6. The van der Waals surface area contributed by atoms with Crippen LogP contribution in [0.3, 0.4) is 0 Å². The lowest BCUT2D eigenvalue weighted by molar-refractivity contribution is -0.306. The van der Waals surface area contributed by atoms with E-state index >= 15 is 0 Å². The molecule has 0 aromatic carbocycles. The number of carbonyl (C=O) groups excluding carboxylic acids is 1. The maximum Gasteiger partial charge on any atom is 0.303 e. The van der Waals surface area contributed by atoms with Gasteiger partial charge in [0.1, 0.15) is 24.4 Å². The largest absolute Gasteiger partial charge is 0.458 e. The number of hydrogen-bond donors (Lipinski definition) is 4. The van der Waals surface area contributed by atoms with Crippen LogP contribution in [0.2, 0.25) is 0 Å². The molecule has 0 amide bonds. The fourth-order valence-corrected chi connectivity index (χ4v) is 10.3. The second kappa shape index (κ2) is 12.7. The van der Waals surface area contributed by atoms with Crippen LogP contribution in [0.4, 0.5) is 0 Å². The number of aliphatic hydroxyl groups is 4. The lowest BCUT2D eigenvalue weighted by atomic mass is 9.46. The van der Waals surface area contributed by atoms with Gasteiger partial charge in [0.15, 0.2) is 6.29 Å². The van der Waals surface area contributed by atoms with Gasteiger partial charge in [0.05, 0.1) is 18.3 Å². The zero-order valence-corrected chi connectivity index (χ0v) is 27.9. The molecule has 8 heteroatoms. The molecule has 0 spiro atoms. The van der Waals surface area contributed by atoms with Gasteiger partial charge in [-0.15, -0.1) is 0 Å². The lowest BCUT2D eigenvalue weighted by Gasteiger charge is -2.60. The van der Waals surface area contributed by atoms with E-state index in [9.17, 15) is 25.2 Å². The van der Waals surface area contributed by atoms with E-state index in [1.54, 1.807) is 6.92 Å². The van der Waals surface area contributed by atoms with Crippen LogP contribution >= 0.6 is 0 Å². The van der Waals surface area contributed by atoms with Crippen LogP contribution in [0.1, 0.15) is 99.8 Å². The molecule has 1 heterocycles. The molecule has 3 saturated carbocycles. The van der Waals surface area contributed by atoms with Crippen molar-refractivity contribution in [2.24, 2.45) is 46.3 Å². The Kier molecular flexibility index (Phi) is 9.85. The summed E-state index contributed by atoms with van der Waals surface area (Å²) >= 11 is 0. The zero-order chi connectivity index (χ0) is 32.3. The van der Waals surface area contributed by atoms with Gasteiger partial charge >= 0.3 is 5.97 Å². The molecular weight excluding hydrogens is 560 g/mol. The Morgan fingerprint density at radius 2 is 1.77 bits per heavy atom. The summed E-state index contributed by atoms with van der Waals surface area (Å²) in [6, 6.07) is 0. The summed E-state index contributed by atoms with van der Waals surface area (Å²) in [5.41, 5.74) is 2.38. The number of aliphatic hydroxyl groups excluding tert-OH is 4. The highest BCUT2D eigenvalue weighted by Gasteiger charge is 2.64. The number of rotatable bonds is 8. The number of allylic oxidation sites excluding steroid dienone is 1. The minimum absolute atomic E-state index is 0.0316. The molecule has 5 aliphatic rings. The van der Waals surface area contributed by atoms with E-state index in [2.05, 4.69) is 47.3 Å². The molecule has 44 heavy (non-hydrogen) atoms. The Labute approximate surface area is 264 Å². The predicted molar refractivity (Wildman–Crippen MR) is 167 cm³/mol. The van der Waals surface area contributed by atoms with E-state index in [-0.39, 0.29) is 52.9 Å². The smallest absolute Gasteiger partial charge is 0.303 e. The Morgan fingerprint density at radius 1 is 1.07 bits per heavy atom. The molecule has 250 valence electrons. The van der Waals surface area contributed by atoms with E-state index in [1.807, 2.05) is 0 Å². The molecule has 0 aromatic heterocycles. The van der Waals surface area contributed by atoms with E-state index in [0.717, 1.165) is 44.9 Å². The van der Waals surface area contributed by atoms with Crippen molar-refractivity contribution in [1.29, 1.82) is 0 Å². The van der Waals surface area contributed by atoms with Crippen LogP contribution in [-0.4, -0.2) is 75.4 Å². The van der Waals surface area contributed by atoms with Gasteiger partial charge in [-0.25, -0.2) is 0 Å². The third-order valence-electron chi connectivity index (χ3n) is 13.0. The molecule has 0 radical (unpaired) electrons. The van der Waals surface area contributed by atoms with Crippen molar-refractivity contribution in [1.82, 2.24) is 0 Å². The summed E-state index contributed by atoms with van der Waals surface area (Å²) in [6.07, 6.45) is 2.81. The average molecular weight is 619 g/mol. The number of hydrogen-bond acceptors (Lipinski definition) is 8. The highest BCUT2D eigenvalue weighted by Crippen LogP contribution is 2.67. The molecule has 15 atom stereocenters. The standard InChI is InChI=1S/C36H58O8/c1-18(2)19(3)9-10-20(4)30-27(38)17-26-29-25(12-14-36(26,30)8)35(7)13-11-24(15-23(35)16-28(29)43-22(6)37)44-34-33(41)32(40)31(39)21(5)42-34/h16,18,20-21,24-34,38-41H,3,9-15,17H2,1-2,4-8H3/t20-,21?,24+,25+,26+,27+,28+,29-,30+,31?,32?,33?,34?,35+,36+/m1/s1.